The van der Waals surface area contributed by atoms with Crippen molar-refractivity contribution in [1.82, 2.24) is 15.1 Å². The van der Waals surface area contributed by atoms with Gasteiger partial charge in [0.05, 0.1) is 22.0 Å². The summed E-state index contributed by atoms with van der Waals surface area (Å²) in [5.41, 5.74) is 1.37. The molecule has 27 heavy (non-hydrogen) atoms. The minimum absolute atomic E-state index is 0.143. The molecule has 7 heteroatoms. The van der Waals surface area contributed by atoms with Gasteiger partial charge in [-0.15, -0.1) is 0 Å². The number of carbonyl (C=O) groups excluding carboxylic acids is 1. The standard InChI is InChI=1S/C20H24ClN3O3/c1-20(2,3)24-11-15(17(23-24)14-6-4-5-7-16(14)21)18(25)22-13-9-8-12(10-13)19(26)27/h4-7,11-13H,8-10H2,1-3H3,(H,22,25)(H,26,27)/t12-,13+/m0/s1. The first-order valence-corrected chi connectivity index (χ1v) is 9.43. The van der Waals surface area contributed by atoms with Crippen molar-refractivity contribution in [1.29, 1.82) is 0 Å². The van der Waals surface area contributed by atoms with E-state index in [4.69, 9.17) is 16.7 Å². The highest BCUT2D eigenvalue weighted by Gasteiger charge is 2.32. The average Bonchev–Trinajstić information content (AvgIpc) is 3.21. The van der Waals surface area contributed by atoms with Crippen LogP contribution in [0.1, 0.15) is 50.4 Å². The number of amides is 1. The van der Waals surface area contributed by atoms with Gasteiger partial charge in [-0.3, -0.25) is 14.3 Å². The molecule has 0 aliphatic heterocycles. The molecule has 144 valence electrons. The summed E-state index contributed by atoms with van der Waals surface area (Å²) in [5, 5.41) is 17.3. The van der Waals surface area contributed by atoms with E-state index in [1.54, 1.807) is 16.9 Å². The zero-order chi connectivity index (χ0) is 19.8. The number of aromatic nitrogens is 2. The molecule has 1 aromatic carbocycles. The molecule has 1 aliphatic rings. The number of aliphatic carboxylic acids is 1. The number of carboxylic acid groups (broad SMARTS) is 1. The first-order chi connectivity index (χ1) is 12.7. The molecular formula is C20H24ClN3O3. The molecular weight excluding hydrogens is 366 g/mol. The molecule has 6 nitrogen and oxygen atoms in total. The van der Waals surface area contributed by atoms with Crippen LogP contribution >= 0.6 is 11.6 Å². The molecule has 0 radical (unpaired) electrons. The number of carbonyl (C=O) groups is 2. The van der Waals surface area contributed by atoms with Gasteiger partial charge in [-0.1, -0.05) is 29.8 Å². The van der Waals surface area contributed by atoms with Crippen LogP contribution in [0.5, 0.6) is 0 Å². The molecule has 2 N–H and O–H groups in total. The number of carboxylic acids is 1. The van der Waals surface area contributed by atoms with E-state index in [0.717, 1.165) is 0 Å². The Morgan fingerprint density at radius 3 is 2.56 bits per heavy atom. The maximum Gasteiger partial charge on any atom is 0.306 e. The largest absolute Gasteiger partial charge is 0.481 e. The summed E-state index contributed by atoms with van der Waals surface area (Å²) >= 11 is 6.34. The third-order valence-corrected chi connectivity index (χ3v) is 5.22. The topological polar surface area (TPSA) is 84.2 Å². The van der Waals surface area contributed by atoms with Gasteiger partial charge in [-0.2, -0.15) is 5.10 Å². The molecule has 1 aromatic heterocycles. The maximum atomic E-state index is 13.0. The van der Waals surface area contributed by atoms with Crippen molar-refractivity contribution >= 4 is 23.5 Å². The van der Waals surface area contributed by atoms with Crippen molar-refractivity contribution in [3.8, 4) is 11.3 Å². The predicted octanol–water partition coefficient (Wildman–Crippen LogP) is 3.94. The lowest BCUT2D eigenvalue weighted by atomic mass is 10.1. The van der Waals surface area contributed by atoms with Gasteiger partial charge in [0.1, 0.15) is 5.69 Å². The highest BCUT2D eigenvalue weighted by atomic mass is 35.5. The summed E-state index contributed by atoms with van der Waals surface area (Å²) in [7, 11) is 0. The van der Waals surface area contributed by atoms with Gasteiger partial charge in [0, 0.05) is 17.8 Å². The Labute approximate surface area is 163 Å². The minimum Gasteiger partial charge on any atom is -0.481 e. The Balaban J connectivity index is 1.92. The first kappa shape index (κ1) is 19.4. The van der Waals surface area contributed by atoms with Gasteiger partial charge in [0.25, 0.3) is 5.91 Å². The van der Waals surface area contributed by atoms with E-state index in [1.165, 1.54) is 0 Å². The van der Waals surface area contributed by atoms with Crippen molar-refractivity contribution in [2.24, 2.45) is 5.92 Å². The number of nitrogens with one attached hydrogen (secondary N) is 1. The molecule has 2 atom stereocenters. The van der Waals surface area contributed by atoms with Crippen LogP contribution in [-0.4, -0.2) is 32.8 Å². The van der Waals surface area contributed by atoms with Gasteiger partial charge in [0.2, 0.25) is 0 Å². The van der Waals surface area contributed by atoms with Crippen LogP contribution in [0.15, 0.2) is 30.5 Å². The Morgan fingerprint density at radius 2 is 1.96 bits per heavy atom. The van der Waals surface area contributed by atoms with Crippen LogP contribution in [0.3, 0.4) is 0 Å². The summed E-state index contributed by atoms with van der Waals surface area (Å²) in [6.45, 7) is 6.02. The van der Waals surface area contributed by atoms with Crippen LogP contribution < -0.4 is 5.32 Å². The van der Waals surface area contributed by atoms with Gasteiger partial charge in [-0.25, -0.2) is 0 Å². The highest BCUT2D eigenvalue weighted by molar-refractivity contribution is 6.33. The number of benzene rings is 1. The van der Waals surface area contributed by atoms with Crippen LogP contribution in [0, 0.1) is 5.92 Å². The lowest BCUT2D eigenvalue weighted by molar-refractivity contribution is -0.141. The fraction of sp³-hybridized carbons (Fsp3) is 0.450. The third-order valence-electron chi connectivity index (χ3n) is 4.89. The normalized spacial score (nSPS) is 19.9. The average molecular weight is 390 g/mol. The Hall–Kier alpha value is -2.34. The number of hydrogen-bond donors (Lipinski definition) is 2. The van der Waals surface area contributed by atoms with Crippen molar-refractivity contribution in [2.75, 3.05) is 0 Å². The Kier molecular flexibility index (Phi) is 5.29. The monoisotopic (exact) mass is 389 g/mol. The van der Waals surface area contributed by atoms with Crippen LogP contribution in [0.25, 0.3) is 11.3 Å². The molecule has 1 fully saturated rings. The van der Waals surface area contributed by atoms with Gasteiger partial charge in [0.15, 0.2) is 0 Å². The van der Waals surface area contributed by atoms with E-state index in [-0.39, 0.29) is 17.5 Å². The van der Waals surface area contributed by atoms with Crippen LogP contribution in [-0.2, 0) is 10.3 Å². The minimum atomic E-state index is -0.802. The van der Waals surface area contributed by atoms with Gasteiger partial charge >= 0.3 is 5.97 Å². The molecule has 1 aliphatic carbocycles. The highest BCUT2D eigenvalue weighted by Crippen LogP contribution is 2.31. The van der Waals surface area contributed by atoms with E-state index in [2.05, 4.69) is 10.4 Å². The van der Waals surface area contributed by atoms with Gasteiger partial charge in [-0.05, 0) is 46.1 Å². The number of nitrogens with zero attached hydrogens (tertiary/aromatic N) is 2. The van der Waals surface area contributed by atoms with E-state index in [0.29, 0.717) is 41.1 Å². The molecule has 0 bridgehead atoms. The second kappa shape index (κ2) is 7.35. The lowest BCUT2D eigenvalue weighted by Crippen LogP contribution is -2.33. The van der Waals surface area contributed by atoms with E-state index < -0.39 is 11.9 Å². The van der Waals surface area contributed by atoms with E-state index in [1.807, 2.05) is 39.0 Å². The molecule has 0 saturated heterocycles. The molecule has 1 saturated carbocycles. The molecule has 2 aromatic rings. The summed E-state index contributed by atoms with van der Waals surface area (Å²) in [6.07, 6.45) is 3.43. The molecule has 0 spiro atoms. The Morgan fingerprint density at radius 1 is 1.26 bits per heavy atom. The molecule has 1 amide bonds. The summed E-state index contributed by atoms with van der Waals surface area (Å²) in [4.78, 5) is 24.1. The molecule has 0 unspecified atom stereocenters. The number of rotatable bonds is 4. The summed E-state index contributed by atoms with van der Waals surface area (Å²) in [6, 6.07) is 7.15. The quantitative estimate of drug-likeness (QED) is 0.829. The fourth-order valence-electron chi connectivity index (χ4n) is 3.34. The second-order valence-electron chi connectivity index (χ2n) is 8.01. The van der Waals surface area contributed by atoms with Crippen LogP contribution in [0.4, 0.5) is 0 Å². The zero-order valence-corrected chi connectivity index (χ0v) is 16.5. The van der Waals surface area contributed by atoms with Crippen molar-refractivity contribution in [3.05, 3.63) is 41.0 Å². The van der Waals surface area contributed by atoms with Crippen molar-refractivity contribution < 1.29 is 14.7 Å². The summed E-state index contributed by atoms with van der Waals surface area (Å²) in [5.74, 6) is -1.45. The lowest BCUT2D eigenvalue weighted by Gasteiger charge is -2.18. The van der Waals surface area contributed by atoms with E-state index in [9.17, 15) is 9.59 Å². The van der Waals surface area contributed by atoms with Crippen molar-refractivity contribution in [3.63, 3.8) is 0 Å². The smallest absolute Gasteiger partial charge is 0.306 e. The van der Waals surface area contributed by atoms with Crippen molar-refractivity contribution in [2.45, 2.75) is 51.6 Å². The first-order valence-electron chi connectivity index (χ1n) is 9.05. The van der Waals surface area contributed by atoms with E-state index >= 15 is 0 Å². The number of halogens is 1. The SMILES string of the molecule is CC(C)(C)n1cc(C(=O)N[C@@H]2CC[C@H](C(=O)O)C2)c(-c2ccccc2Cl)n1. The fourth-order valence-corrected chi connectivity index (χ4v) is 3.56. The number of hydrogen-bond acceptors (Lipinski definition) is 3. The maximum absolute atomic E-state index is 13.0. The van der Waals surface area contributed by atoms with Gasteiger partial charge < -0.3 is 10.4 Å². The third kappa shape index (κ3) is 4.16. The molecule has 3 rings (SSSR count). The van der Waals surface area contributed by atoms with Crippen LogP contribution in [0.2, 0.25) is 5.02 Å². The zero-order valence-electron chi connectivity index (χ0n) is 15.7. The second-order valence-corrected chi connectivity index (χ2v) is 8.41. The molecule has 1 heterocycles. The summed E-state index contributed by atoms with van der Waals surface area (Å²) < 4.78 is 1.76. The predicted molar refractivity (Wildman–Crippen MR) is 104 cm³/mol. The Bertz CT molecular complexity index is 870.